The molecule has 0 fully saturated rings. The van der Waals surface area contributed by atoms with E-state index in [2.05, 4.69) is 437 Å². The second kappa shape index (κ2) is 24.1. The van der Waals surface area contributed by atoms with Gasteiger partial charge in [0.15, 0.2) is 0 Å². The Morgan fingerprint density at radius 1 is 0.0952 bits per heavy atom. The fraction of sp³-hybridized carbons (Fsp3) is 0.0317. The predicted molar refractivity (Wildman–Crippen MR) is 521 cm³/mol. The molecule has 22 aromatic rings. The summed E-state index contributed by atoms with van der Waals surface area (Å²) in [5.41, 5.74) is 49.7. The molecule has 0 N–H and O–H groups in total. The zero-order valence-electron chi connectivity index (χ0n) is 68.6. The van der Waals surface area contributed by atoms with Gasteiger partial charge in [0.25, 0.3) is 0 Å². The third-order valence-electron chi connectivity index (χ3n) is 31.3. The van der Waals surface area contributed by atoms with Crippen molar-refractivity contribution < 1.29 is 0 Å². The molecule has 22 aromatic carbocycles. The molecule has 0 amide bonds. The Morgan fingerprint density at radius 2 is 0.222 bits per heavy atom. The molecule has 0 heteroatoms. The summed E-state index contributed by atoms with van der Waals surface area (Å²) in [5, 5.41) is 12.3. The van der Waals surface area contributed by atoms with Gasteiger partial charge >= 0.3 is 0 Å². The highest BCUT2D eigenvalue weighted by atomic mass is 14.6. The topological polar surface area (TPSA) is 0 Å². The number of benzene rings is 22. The lowest BCUT2D eigenvalue weighted by molar-refractivity contribution is 0.794. The summed E-state index contributed by atoms with van der Waals surface area (Å²) in [5.74, 6) is 0. The summed E-state index contributed by atoms with van der Waals surface area (Å²) in [6.07, 6.45) is 0. The smallest absolute Gasteiger partial charge is 0.0619 e. The van der Waals surface area contributed by atoms with E-state index in [1.807, 2.05) is 0 Å². The van der Waals surface area contributed by atoms with Crippen LogP contribution in [0.1, 0.15) is 89.0 Å². The average Bonchev–Trinajstić information content (AvgIpc) is 1.51. The molecule has 0 radical (unpaired) electrons. The van der Waals surface area contributed by atoms with Gasteiger partial charge in [-0.25, -0.2) is 0 Å². The van der Waals surface area contributed by atoms with Crippen LogP contribution in [0.25, 0.3) is 187 Å². The molecule has 30 rings (SSSR count). The minimum absolute atomic E-state index is 0.509. The molecule has 0 aliphatic heterocycles. The summed E-state index contributed by atoms with van der Waals surface area (Å²) in [6, 6.07) is 170. The van der Waals surface area contributed by atoms with Crippen molar-refractivity contribution in [1.82, 2.24) is 0 Å². The summed E-state index contributed by atoms with van der Waals surface area (Å²) < 4.78 is 0. The molecule has 0 bridgehead atoms. The van der Waals surface area contributed by atoms with Crippen LogP contribution in [0.4, 0.5) is 0 Å². The molecule has 0 heterocycles. The second-order valence-electron chi connectivity index (χ2n) is 36.4. The van der Waals surface area contributed by atoms with E-state index in [0.29, 0.717) is 0 Å². The van der Waals surface area contributed by atoms with Gasteiger partial charge < -0.3 is 0 Å². The van der Waals surface area contributed by atoms with Crippen LogP contribution in [0.15, 0.2) is 437 Å². The zero-order chi connectivity index (χ0) is 81.8. The van der Waals surface area contributed by atoms with E-state index >= 15 is 0 Å². The fourth-order valence-electron chi connectivity index (χ4n) is 26.6. The molecule has 126 heavy (non-hydrogen) atoms. The molecule has 4 spiro atoms. The maximum Gasteiger partial charge on any atom is 0.0725 e. The molecular weight excluding hydrogens is 1510 g/mol. The van der Waals surface area contributed by atoms with Gasteiger partial charge in [0.1, 0.15) is 0 Å². The van der Waals surface area contributed by atoms with Crippen molar-refractivity contribution in [2.24, 2.45) is 0 Å². The SMILES string of the molecule is c1ccc2c(c1)-c1ccccc1C21c2ccccc2-c2ccc(-c3ccc4c5ccc(-c6ccc7c(c6)C6(c8ccccc8-c8ccccc86)c6ccccc6-7)cc5c5c6cc(-c7ccc8c(c7)C7(c9ccccc9-c9ccccc97)c7ccccc7-8)ccc6c6ccc(-c7ccc8c(c7)C7(c9ccccc9-c9ccccc97)c7ccccc7-8)cc6c5c4c3)cc21. The highest BCUT2D eigenvalue weighted by molar-refractivity contribution is 6.40. The standard InChI is InChI=1S/C126H72/c1-13-37-105-85(25-1)86-26-2-14-38-106(86)123(105)113-45-21-9-33-93(113)97-61-53-77(69-117(97)123)73-49-57-81-82-58-50-75(79-55-63-99-95-35-11-23-47-115(95)125(119(99)71-79)109-41-17-5-29-89(109)90-30-6-18-42-110(90)125)67-103(82)122-104-68-76(80-56-64-100-96-36-12-24-48-116(96)126(120(100)72-80)111-43-19-7-31-91(111)92-32-8-20-44-112(92)126)52-60-84(104)83-59-51-74(66-102(83)121(122)101(81)65-73)78-54-62-98-94-34-10-22-46-114(94)124(118(98)70-78)107-39-15-3-27-87(107)88-28-4-16-40-108(88)124/h1-72H. The van der Waals surface area contributed by atoms with Crippen LogP contribution in [-0.4, -0.2) is 0 Å². The van der Waals surface area contributed by atoms with Gasteiger partial charge in [-0.05, 0) is 325 Å². The van der Waals surface area contributed by atoms with Crippen LogP contribution in [0.5, 0.6) is 0 Å². The van der Waals surface area contributed by atoms with E-state index in [9.17, 15) is 0 Å². The second-order valence-corrected chi connectivity index (χ2v) is 36.4. The van der Waals surface area contributed by atoms with E-state index in [4.69, 9.17) is 0 Å². The number of hydrogen-bond donors (Lipinski definition) is 0. The third kappa shape index (κ3) is 8.07. The summed E-state index contributed by atoms with van der Waals surface area (Å²) in [6.45, 7) is 0. The number of fused-ring (bicyclic) bond motifs is 51. The predicted octanol–water partition coefficient (Wildman–Crippen LogP) is 31.5. The first kappa shape index (κ1) is 67.8. The number of rotatable bonds is 4. The normalized spacial score (nSPS) is 14.8. The minimum Gasteiger partial charge on any atom is -0.0619 e. The van der Waals surface area contributed by atoms with Crippen LogP contribution in [-0.2, 0) is 21.7 Å². The quantitative estimate of drug-likeness (QED) is 0.154. The molecular formula is C126H72. The molecule has 0 nitrogen and oxygen atoms in total. The maximum atomic E-state index is 2.59. The van der Waals surface area contributed by atoms with Crippen molar-refractivity contribution in [3.05, 3.63) is 526 Å². The Bertz CT molecular complexity index is 7540. The first-order valence-electron chi connectivity index (χ1n) is 44.6. The van der Waals surface area contributed by atoms with Crippen molar-refractivity contribution in [2.75, 3.05) is 0 Å². The van der Waals surface area contributed by atoms with Gasteiger partial charge in [0.05, 0.1) is 21.7 Å². The zero-order valence-corrected chi connectivity index (χ0v) is 68.6. The summed E-state index contributed by atoms with van der Waals surface area (Å²) in [7, 11) is 0. The first-order chi connectivity index (χ1) is 62.5. The van der Waals surface area contributed by atoms with Gasteiger partial charge in [-0.1, -0.05) is 388 Å². The highest BCUT2D eigenvalue weighted by Gasteiger charge is 2.56. The Kier molecular flexibility index (Phi) is 13.0. The van der Waals surface area contributed by atoms with Crippen LogP contribution in [0.2, 0.25) is 0 Å². The molecule has 0 saturated carbocycles. The maximum absolute atomic E-state index is 2.59. The van der Waals surface area contributed by atoms with Gasteiger partial charge in [0, 0.05) is 0 Å². The van der Waals surface area contributed by atoms with Gasteiger partial charge in [-0.3, -0.25) is 0 Å². The molecule has 8 aliphatic carbocycles. The number of hydrogen-bond acceptors (Lipinski definition) is 0. The molecule has 0 saturated heterocycles. The van der Waals surface area contributed by atoms with Crippen LogP contribution < -0.4 is 0 Å². The van der Waals surface area contributed by atoms with Crippen molar-refractivity contribution in [1.29, 1.82) is 0 Å². The summed E-state index contributed by atoms with van der Waals surface area (Å²) >= 11 is 0. The van der Waals surface area contributed by atoms with Crippen molar-refractivity contribution in [3.8, 4) is 134 Å². The fourth-order valence-corrected chi connectivity index (χ4v) is 26.6. The monoisotopic (exact) mass is 1580 g/mol. The Hall–Kier alpha value is -15.9. The Labute approximate surface area is 729 Å². The molecule has 0 aromatic heterocycles. The highest BCUT2D eigenvalue weighted by Crippen LogP contribution is 2.69. The van der Waals surface area contributed by atoms with Crippen molar-refractivity contribution in [3.63, 3.8) is 0 Å². The van der Waals surface area contributed by atoms with Gasteiger partial charge in [-0.15, -0.1) is 0 Å². The Morgan fingerprint density at radius 3 is 0.381 bits per heavy atom. The molecule has 8 aliphatic rings. The molecule has 0 unspecified atom stereocenters. The Balaban J connectivity index is 0.707. The van der Waals surface area contributed by atoms with E-state index in [1.165, 1.54) is 276 Å². The van der Waals surface area contributed by atoms with Gasteiger partial charge in [0.2, 0.25) is 0 Å². The molecule has 576 valence electrons. The van der Waals surface area contributed by atoms with E-state index in [-0.39, 0.29) is 0 Å². The van der Waals surface area contributed by atoms with Gasteiger partial charge in [-0.2, -0.15) is 0 Å². The van der Waals surface area contributed by atoms with Crippen LogP contribution >= 0.6 is 0 Å². The summed E-state index contributed by atoms with van der Waals surface area (Å²) in [4.78, 5) is 0. The van der Waals surface area contributed by atoms with E-state index < -0.39 is 21.7 Å². The minimum atomic E-state index is -0.509. The van der Waals surface area contributed by atoms with Crippen LogP contribution in [0, 0.1) is 0 Å². The van der Waals surface area contributed by atoms with E-state index in [1.54, 1.807) is 0 Å². The molecule has 0 atom stereocenters. The lowest BCUT2D eigenvalue weighted by Crippen LogP contribution is -2.25. The third-order valence-corrected chi connectivity index (χ3v) is 31.3. The average molecular weight is 1590 g/mol. The van der Waals surface area contributed by atoms with Crippen molar-refractivity contribution in [2.45, 2.75) is 21.7 Å². The lowest BCUT2D eigenvalue weighted by atomic mass is 9.70. The van der Waals surface area contributed by atoms with Crippen LogP contribution in [0.3, 0.4) is 0 Å². The van der Waals surface area contributed by atoms with E-state index in [0.717, 1.165) is 0 Å². The van der Waals surface area contributed by atoms with Crippen molar-refractivity contribution >= 4 is 53.9 Å². The first-order valence-corrected chi connectivity index (χ1v) is 44.6. The lowest BCUT2D eigenvalue weighted by Gasteiger charge is -2.30. The largest absolute Gasteiger partial charge is 0.0725 e.